The summed E-state index contributed by atoms with van der Waals surface area (Å²) in [6, 6.07) is 14.2. The van der Waals surface area contributed by atoms with Crippen LogP contribution in [0.4, 0.5) is 5.69 Å². The Morgan fingerprint density at radius 3 is 2.04 bits per heavy atom. The number of likely N-dealkylation sites (N-methyl/N-ethyl adjacent to an activating group) is 1. The first kappa shape index (κ1) is 19.2. The zero-order valence-corrected chi connectivity index (χ0v) is 15.1. The predicted molar refractivity (Wildman–Crippen MR) is 98.9 cm³/mol. The average molecular weight is 354 g/mol. The fourth-order valence-corrected chi connectivity index (χ4v) is 2.15. The zero-order chi connectivity index (χ0) is 19.1. The number of amides is 2. The minimum absolute atomic E-state index is 0.130. The van der Waals surface area contributed by atoms with Crippen LogP contribution in [-0.2, 0) is 14.3 Å². The third-order valence-electron chi connectivity index (χ3n) is 3.76. The van der Waals surface area contributed by atoms with Crippen molar-refractivity contribution in [2.24, 2.45) is 0 Å². The van der Waals surface area contributed by atoms with Crippen LogP contribution in [0.5, 0.6) is 0 Å². The largest absolute Gasteiger partial charge is 0.452 e. The van der Waals surface area contributed by atoms with Crippen LogP contribution < -0.4 is 5.32 Å². The molecule has 0 saturated heterocycles. The Kier molecular flexibility index (Phi) is 6.49. The maximum absolute atomic E-state index is 12.0. The van der Waals surface area contributed by atoms with Gasteiger partial charge in [-0.1, -0.05) is 35.4 Å². The van der Waals surface area contributed by atoms with Crippen molar-refractivity contribution in [3.63, 3.8) is 0 Å². The molecule has 2 amide bonds. The maximum Gasteiger partial charge on any atom is 0.338 e. The van der Waals surface area contributed by atoms with Crippen LogP contribution in [0.3, 0.4) is 0 Å². The van der Waals surface area contributed by atoms with E-state index < -0.39 is 18.5 Å². The molecular formula is C20H22N2O4. The monoisotopic (exact) mass is 354 g/mol. The number of hydrogen-bond donors (Lipinski definition) is 1. The van der Waals surface area contributed by atoms with Crippen LogP contribution in [0.2, 0.25) is 0 Å². The van der Waals surface area contributed by atoms with Crippen LogP contribution in [0.25, 0.3) is 0 Å². The third kappa shape index (κ3) is 5.73. The molecule has 0 aliphatic rings. The fraction of sp³-hybridized carbons (Fsp3) is 0.250. The number of benzene rings is 2. The van der Waals surface area contributed by atoms with Gasteiger partial charge < -0.3 is 15.0 Å². The van der Waals surface area contributed by atoms with Crippen molar-refractivity contribution < 1.29 is 19.1 Å². The van der Waals surface area contributed by atoms with Gasteiger partial charge in [0, 0.05) is 12.7 Å². The molecule has 0 fully saturated rings. The van der Waals surface area contributed by atoms with Gasteiger partial charge in [0.1, 0.15) is 0 Å². The molecule has 6 nitrogen and oxygen atoms in total. The minimum atomic E-state index is -0.573. The van der Waals surface area contributed by atoms with E-state index in [9.17, 15) is 14.4 Å². The van der Waals surface area contributed by atoms with Crippen LogP contribution in [-0.4, -0.2) is 42.9 Å². The molecule has 1 N–H and O–H groups in total. The second-order valence-corrected chi connectivity index (χ2v) is 6.11. The first-order valence-electron chi connectivity index (χ1n) is 8.19. The second kappa shape index (κ2) is 8.80. The number of carbonyl (C=O) groups excluding carboxylic acids is 3. The molecule has 0 spiro atoms. The molecule has 2 aromatic carbocycles. The average Bonchev–Trinajstić information content (AvgIpc) is 2.61. The molecule has 0 aliphatic carbocycles. The summed E-state index contributed by atoms with van der Waals surface area (Å²) in [5, 5.41) is 2.71. The topological polar surface area (TPSA) is 75.7 Å². The summed E-state index contributed by atoms with van der Waals surface area (Å²) in [7, 11) is 1.48. The molecular weight excluding hydrogens is 332 g/mol. The van der Waals surface area contributed by atoms with E-state index in [1.54, 1.807) is 36.4 Å². The summed E-state index contributed by atoms with van der Waals surface area (Å²) >= 11 is 0. The summed E-state index contributed by atoms with van der Waals surface area (Å²) in [4.78, 5) is 37.1. The first-order chi connectivity index (χ1) is 12.3. The van der Waals surface area contributed by atoms with E-state index in [0.29, 0.717) is 11.3 Å². The molecule has 0 bridgehead atoms. The molecule has 26 heavy (non-hydrogen) atoms. The standard InChI is InChI=1S/C20H22N2O4/c1-14-4-8-16(9-5-14)20(25)26-13-19(24)22(3)12-18(23)21-17-10-6-15(2)7-11-17/h4-11H,12-13H2,1-3H3,(H,21,23). The van der Waals surface area contributed by atoms with E-state index in [1.807, 2.05) is 26.0 Å². The number of rotatable bonds is 6. The molecule has 0 saturated carbocycles. The number of nitrogens with one attached hydrogen (secondary N) is 1. The van der Waals surface area contributed by atoms with Gasteiger partial charge in [0.15, 0.2) is 6.61 Å². The molecule has 0 aromatic heterocycles. The van der Waals surface area contributed by atoms with E-state index in [1.165, 1.54) is 11.9 Å². The maximum atomic E-state index is 12.0. The SMILES string of the molecule is Cc1ccc(NC(=O)CN(C)C(=O)COC(=O)c2ccc(C)cc2)cc1. The highest BCUT2D eigenvalue weighted by Gasteiger charge is 2.16. The van der Waals surface area contributed by atoms with Gasteiger partial charge in [-0.2, -0.15) is 0 Å². The summed E-state index contributed by atoms with van der Waals surface area (Å²) in [5.41, 5.74) is 3.15. The molecule has 0 unspecified atom stereocenters. The van der Waals surface area contributed by atoms with Gasteiger partial charge >= 0.3 is 5.97 Å². The molecule has 2 rings (SSSR count). The lowest BCUT2D eigenvalue weighted by molar-refractivity contribution is -0.136. The number of aryl methyl sites for hydroxylation is 2. The van der Waals surface area contributed by atoms with Crippen molar-refractivity contribution >= 4 is 23.5 Å². The normalized spacial score (nSPS) is 10.1. The molecule has 6 heteroatoms. The molecule has 136 valence electrons. The van der Waals surface area contributed by atoms with Crippen LogP contribution >= 0.6 is 0 Å². The zero-order valence-electron chi connectivity index (χ0n) is 15.1. The Balaban J connectivity index is 1.79. The van der Waals surface area contributed by atoms with Crippen molar-refractivity contribution in [2.75, 3.05) is 25.5 Å². The highest BCUT2D eigenvalue weighted by molar-refractivity contribution is 5.95. The summed E-state index contributed by atoms with van der Waals surface area (Å²) in [6.07, 6.45) is 0. The first-order valence-corrected chi connectivity index (χ1v) is 8.19. The lowest BCUT2D eigenvalue weighted by Crippen LogP contribution is -2.37. The van der Waals surface area contributed by atoms with Gasteiger partial charge in [0.2, 0.25) is 5.91 Å². The van der Waals surface area contributed by atoms with Crippen LogP contribution in [0.1, 0.15) is 21.5 Å². The smallest absolute Gasteiger partial charge is 0.338 e. The lowest BCUT2D eigenvalue weighted by Gasteiger charge is -2.17. The Labute approximate surface area is 152 Å². The van der Waals surface area contributed by atoms with Crippen molar-refractivity contribution in [1.29, 1.82) is 0 Å². The molecule has 0 heterocycles. The Hall–Kier alpha value is -3.15. The van der Waals surface area contributed by atoms with Crippen molar-refractivity contribution in [1.82, 2.24) is 4.90 Å². The van der Waals surface area contributed by atoms with E-state index in [-0.39, 0.29) is 12.5 Å². The summed E-state index contributed by atoms with van der Waals surface area (Å²) < 4.78 is 5.00. The predicted octanol–water partition coefficient (Wildman–Crippen LogP) is 2.56. The van der Waals surface area contributed by atoms with E-state index >= 15 is 0 Å². The third-order valence-corrected chi connectivity index (χ3v) is 3.76. The summed E-state index contributed by atoms with van der Waals surface area (Å²) in [5.74, 6) is -1.35. The highest BCUT2D eigenvalue weighted by atomic mass is 16.5. The van der Waals surface area contributed by atoms with E-state index in [4.69, 9.17) is 4.74 Å². The number of anilines is 1. The molecule has 2 aromatic rings. The van der Waals surface area contributed by atoms with Crippen molar-refractivity contribution in [3.05, 3.63) is 65.2 Å². The number of esters is 1. The Morgan fingerprint density at radius 1 is 0.923 bits per heavy atom. The van der Waals surface area contributed by atoms with Gasteiger partial charge in [-0.15, -0.1) is 0 Å². The van der Waals surface area contributed by atoms with Gasteiger partial charge in [-0.25, -0.2) is 4.79 Å². The quantitative estimate of drug-likeness (QED) is 0.809. The number of hydrogen-bond acceptors (Lipinski definition) is 4. The van der Waals surface area contributed by atoms with E-state index in [2.05, 4.69) is 5.32 Å². The highest BCUT2D eigenvalue weighted by Crippen LogP contribution is 2.08. The van der Waals surface area contributed by atoms with Crippen LogP contribution in [0, 0.1) is 13.8 Å². The minimum Gasteiger partial charge on any atom is -0.452 e. The van der Waals surface area contributed by atoms with Gasteiger partial charge in [0.05, 0.1) is 12.1 Å². The van der Waals surface area contributed by atoms with Gasteiger partial charge in [-0.05, 0) is 38.1 Å². The second-order valence-electron chi connectivity index (χ2n) is 6.11. The van der Waals surface area contributed by atoms with Gasteiger partial charge in [-0.3, -0.25) is 9.59 Å². The Morgan fingerprint density at radius 2 is 1.46 bits per heavy atom. The van der Waals surface area contributed by atoms with Crippen LogP contribution in [0.15, 0.2) is 48.5 Å². The van der Waals surface area contributed by atoms with E-state index in [0.717, 1.165) is 11.1 Å². The van der Waals surface area contributed by atoms with Gasteiger partial charge in [0.25, 0.3) is 5.91 Å². The number of carbonyl (C=O) groups is 3. The van der Waals surface area contributed by atoms with Crippen molar-refractivity contribution in [2.45, 2.75) is 13.8 Å². The lowest BCUT2D eigenvalue weighted by atomic mass is 10.1. The molecule has 0 atom stereocenters. The number of nitrogens with zero attached hydrogens (tertiary/aromatic N) is 1. The van der Waals surface area contributed by atoms with Crippen molar-refractivity contribution in [3.8, 4) is 0 Å². The summed E-state index contributed by atoms with van der Waals surface area (Å²) in [6.45, 7) is 3.32. The number of ether oxygens (including phenoxy) is 1. The molecule has 0 radical (unpaired) electrons. The molecule has 0 aliphatic heterocycles. The Bertz CT molecular complexity index is 782. The fourth-order valence-electron chi connectivity index (χ4n) is 2.15.